The molecule has 1 fully saturated rings. The summed E-state index contributed by atoms with van der Waals surface area (Å²) in [5.74, 6) is -0.210. The van der Waals surface area contributed by atoms with Gasteiger partial charge >= 0.3 is 0 Å². The largest absolute Gasteiger partial charge is 0.314 e. The van der Waals surface area contributed by atoms with Gasteiger partial charge in [0, 0.05) is 42.8 Å². The minimum Gasteiger partial charge on any atom is -0.314 e. The summed E-state index contributed by atoms with van der Waals surface area (Å²) < 4.78 is 13.7. The number of hydrogen-bond donors (Lipinski definition) is 1. The zero-order valence-electron chi connectivity index (χ0n) is 9.34. The molecule has 2 nitrogen and oxygen atoms in total. The highest BCUT2D eigenvalue weighted by molar-refractivity contribution is 6.30. The fourth-order valence-corrected chi connectivity index (χ4v) is 2.27. The lowest BCUT2D eigenvalue weighted by Crippen LogP contribution is -2.44. The number of benzene rings is 1. The molecule has 0 saturated carbocycles. The van der Waals surface area contributed by atoms with Gasteiger partial charge in [0.25, 0.3) is 0 Å². The molecule has 1 aromatic carbocycles. The zero-order chi connectivity index (χ0) is 11.5. The molecule has 16 heavy (non-hydrogen) atoms. The molecular weight excluding hydrogens is 227 g/mol. The smallest absolute Gasteiger partial charge is 0.129 e. The number of nitrogens with zero attached hydrogens (tertiary/aromatic N) is 1. The second-order valence-electron chi connectivity index (χ2n) is 4.13. The molecule has 1 aromatic rings. The first kappa shape index (κ1) is 11.8. The van der Waals surface area contributed by atoms with Gasteiger partial charge in [0.05, 0.1) is 0 Å². The Kier molecular flexibility index (Phi) is 3.79. The van der Waals surface area contributed by atoms with Gasteiger partial charge in [-0.1, -0.05) is 17.7 Å². The highest BCUT2D eigenvalue weighted by Crippen LogP contribution is 2.25. The third-order valence-corrected chi connectivity index (χ3v) is 3.35. The van der Waals surface area contributed by atoms with Gasteiger partial charge in [0.15, 0.2) is 0 Å². The molecule has 0 unspecified atom stereocenters. The maximum atomic E-state index is 13.7. The fourth-order valence-electron chi connectivity index (χ4n) is 2.11. The van der Waals surface area contributed by atoms with E-state index >= 15 is 0 Å². The van der Waals surface area contributed by atoms with Crippen LogP contribution in [0.15, 0.2) is 18.2 Å². The predicted molar refractivity (Wildman–Crippen MR) is 64.3 cm³/mol. The van der Waals surface area contributed by atoms with Crippen LogP contribution in [0.5, 0.6) is 0 Å². The number of hydrogen-bond acceptors (Lipinski definition) is 2. The minimum atomic E-state index is -0.210. The Bertz CT molecular complexity index is 364. The standard InChI is InChI=1S/C12H16ClFN2/c1-9(16-6-4-15-5-7-16)11-3-2-10(13)8-12(11)14/h2-3,8-9,15H,4-7H2,1H3/t9-/m0/s1. The van der Waals surface area contributed by atoms with Crippen molar-refractivity contribution in [3.63, 3.8) is 0 Å². The summed E-state index contributed by atoms with van der Waals surface area (Å²) in [6.45, 7) is 5.91. The highest BCUT2D eigenvalue weighted by Gasteiger charge is 2.20. The van der Waals surface area contributed by atoms with Gasteiger partial charge in [0.1, 0.15) is 5.82 Å². The summed E-state index contributed by atoms with van der Waals surface area (Å²) in [5.41, 5.74) is 0.728. The first-order valence-corrected chi connectivity index (χ1v) is 5.96. The molecule has 0 radical (unpaired) electrons. The van der Waals surface area contributed by atoms with Crippen molar-refractivity contribution in [1.82, 2.24) is 10.2 Å². The van der Waals surface area contributed by atoms with Crippen LogP contribution < -0.4 is 5.32 Å². The molecule has 1 aliphatic heterocycles. The molecule has 0 aromatic heterocycles. The van der Waals surface area contributed by atoms with E-state index < -0.39 is 0 Å². The van der Waals surface area contributed by atoms with Gasteiger partial charge in [-0.05, 0) is 19.1 Å². The van der Waals surface area contributed by atoms with E-state index in [-0.39, 0.29) is 11.9 Å². The summed E-state index contributed by atoms with van der Waals surface area (Å²) in [4.78, 5) is 2.28. The highest BCUT2D eigenvalue weighted by atomic mass is 35.5. The molecule has 1 aliphatic rings. The second-order valence-corrected chi connectivity index (χ2v) is 4.56. The van der Waals surface area contributed by atoms with Crippen LogP contribution in [-0.4, -0.2) is 31.1 Å². The lowest BCUT2D eigenvalue weighted by molar-refractivity contribution is 0.182. The molecule has 1 heterocycles. The first-order valence-electron chi connectivity index (χ1n) is 5.58. The van der Waals surface area contributed by atoms with Crippen molar-refractivity contribution in [3.05, 3.63) is 34.6 Å². The monoisotopic (exact) mass is 242 g/mol. The summed E-state index contributed by atoms with van der Waals surface area (Å²) in [7, 11) is 0. The molecule has 0 amide bonds. The van der Waals surface area contributed by atoms with Crippen LogP contribution in [0.25, 0.3) is 0 Å². The lowest BCUT2D eigenvalue weighted by Gasteiger charge is -2.33. The van der Waals surface area contributed by atoms with Crippen LogP contribution in [0.4, 0.5) is 4.39 Å². The third-order valence-electron chi connectivity index (χ3n) is 3.11. The Balaban J connectivity index is 2.15. The second kappa shape index (κ2) is 5.13. The normalized spacial score (nSPS) is 19.7. The lowest BCUT2D eigenvalue weighted by atomic mass is 10.1. The van der Waals surface area contributed by atoms with Crippen molar-refractivity contribution in [3.8, 4) is 0 Å². The summed E-state index contributed by atoms with van der Waals surface area (Å²) in [6.07, 6.45) is 0. The Morgan fingerprint density at radius 2 is 2.06 bits per heavy atom. The molecular formula is C12H16ClFN2. The number of rotatable bonds is 2. The number of piperazine rings is 1. The number of halogens is 2. The summed E-state index contributed by atoms with van der Waals surface area (Å²) in [6, 6.07) is 5.03. The van der Waals surface area contributed by atoms with Gasteiger partial charge in [-0.25, -0.2) is 4.39 Å². The average molecular weight is 243 g/mol. The minimum absolute atomic E-state index is 0.111. The van der Waals surface area contributed by atoms with Gasteiger partial charge < -0.3 is 5.32 Å². The van der Waals surface area contributed by atoms with Crippen LogP contribution in [0.3, 0.4) is 0 Å². The van der Waals surface area contributed by atoms with E-state index in [0.29, 0.717) is 5.02 Å². The zero-order valence-corrected chi connectivity index (χ0v) is 10.1. The molecule has 1 atom stereocenters. The van der Waals surface area contributed by atoms with E-state index in [2.05, 4.69) is 10.2 Å². The van der Waals surface area contributed by atoms with E-state index in [9.17, 15) is 4.39 Å². The van der Waals surface area contributed by atoms with Crippen LogP contribution in [-0.2, 0) is 0 Å². The molecule has 2 rings (SSSR count). The Hall–Kier alpha value is -0.640. The van der Waals surface area contributed by atoms with Crippen molar-refractivity contribution in [2.75, 3.05) is 26.2 Å². The summed E-state index contributed by atoms with van der Waals surface area (Å²) in [5, 5.41) is 3.74. The van der Waals surface area contributed by atoms with Crippen LogP contribution in [0, 0.1) is 5.82 Å². The topological polar surface area (TPSA) is 15.3 Å². The van der Waals surface area contributed by atoms with E-state index in [0.717, 1.165) is 31.7 Å². The molecule has 1 saturated heterocycles. The number of nitrogens with one attached hydrogen (secondary N) is 1. The maximum absolute atomic E-state index is 13.7. The van der Waals surface area contributed by atoms with Crippen molar-refractivity contribution in [2.24, 2.45) is 0 Å². The van der Waals surface area contributed by atoms with Gasteiger partial charge in [0.2, 0.25) is 0 Å². The van der Waals surface area contributed by atoms with Crippen molar-refractivity contribution in [2.45, 2.75) is 13.0 Å². The molecule has 0 spiro atoms. The average Bonchev–Trinajstić information content (AvgIpc) is 2.29. The third kappa shape index (κ3) is 2.54. The van der Waals surface area contributed by atoms with Crippen LogP contribution in [0.1, 0.15) is 18.5 Å². The fraction of sp³-hybridized carbons (Fsp3) is 0.500. The Morgan fingerprint density at radius 1 is 1.38 bits per heavy atom. The quantitative estimate of drug-likeness (QED) is 0.857. The molecule has 4 heteroatoms. The van der Waals surface area contributed by atoms with E-state index in [1.807, 2.05) is 6.92 Å². The summed E-state index contributed by atoms with van der Waals surface area (Å²) >= 11 is 5.74. The molecule has 0 aliphatic carbocycles. The van der Waals surface area contributed by atoms with E-state index in [1.54, 1.807) is 12.1 Å². The van der Waals surface area contributed by atoms with Crippen LogP contribution in [0.2, 0.25) is 5.02 Å². The van der Waals surface area contributed by atoms with Gasteiger partial charge in [-0.2, -0.15) is 0 Å². The first-order chi connectivity index (χ1) is 7.68. The van der Waals surface area contributed by atoms with Crippen molar-refractivity contribution >= 4 is 11.6 Å². The van der Waals surface area contributed by atoms with E-state index in [1.165, 1.54) is 6.07 Å². The molecule has 1 N–H and O–H groups in total. The van der Waals surface area contributed by atoms with E-state index in [4.69, 9.17) is 11.6 Å². The predicted octanol–water partition coefficient (Wildman–Crippen LogP) is 2.45. The molecule has 88 valence electrons. The van der Waals surface area contributed by atoms with Gasteiger partial charge in [-0.15, -0.1) is 0 Å². The maximum Gasteiger partial charge on any atom is 0.129 e. The SMILES string of the molecule is C[C@@H](c1ccc(Cl)cc1F)N1CCNCC1. The Labute approximate surface area is 100 Å². The van der Waals surface area contributed by atoms with Crippen molar-refractivity contribution in [1.29, 1.82) is 0 Å². The van der Waals surface area contributed by atoms with Gasteiger partial charge in [-0.3, -0.25) is 4.90 Å². The Morgan fingerprint density at radius 3 is 2.69 bits per heavy atom. The van der Waals surface area contributed by atoms with Crippen LogP contribution >= 0.6 is 11.6 Å². The molecule has 0 bridgehead atoms. The van der Waals surface area contributed by atoms with Crippen molar-refractivity contribution < 1.29 is 4.39 Å².